The van der Waals surface area contributed by atoms with Gasteiger partial charge in [0.25, 0.3) is 0 Å². The molecule has 38 heavy (non-hydrogen) atoms. The first-order valence-corrected chi connectivity index (χ1v) is 14.0. The van der Waals surface area contributed by atoms with E-state index in [0.717, 1.165) is 45.7 Å². The molecule has 0 aromatic heterocycles. The Kier molecular flexibility index (Phi) is 11.0. The van der Waals surface area contributed by atoms with Crippen LogP contribution in [0.15, 0.2) is 111 Å². The highest BCUT2D eigenvalue weighted by Gasteiger charge is 2.09. The zero-order valence-electron chi connectivity index (χ0n) is 22.4. The topological polar surface area (TPSA) is 58.7 Å². The number of azo groups is 2. The molecule has 0 saturated carbocycles. The van der Waals surface area contributed by atoms with E-state index in [1.54, 1.807) is 0 Å². The molecule has 196 valence electrons. The largest absolute Gasteiger partial charge is 0.491 e. The Morgan fingerprint density at radius 2 is 1.05 bits per heavy atom. The summed E-state index contributed by atoms with van der Waals surface area (Å²) in [6.07, 6.45) is 11.6. The zero-order chi connectivity index (χ0) is 26.3. The van der Waals surface area contributed by atoms with Crippen LogP contribution in [0.2, 0.25) is 0 Å². The minimum atomic E-state index is 0.692. The lowest BCUT2D eigenvalue weighted by Crippen LogP contribution is -1.98. The fourth-order valence-electron chi connectivity index (χ4n) is 4.35. The van der Waals surface area contributed by atoms with Crippen molar-refractivity contribution in [2.75, 3.05) is 6.61 Å². The minimum absolute atomic E-state index is 0.692. The van der Waals surface area contributed by atoms with E-state index in [-0.39, 0.29) is 0 Å². The second-order valence-electron chi connectivity index (χ2n) is 9.56. The lowest BCUT2D eigenvalue weighted by molar-refractivity contribution is 0.305. The molecule has 0 radical (unpaired) electrons. The lowest BCUT2D eigenvalue weighted by Gasteiger charge is -2.11. The predicted octanol–water partition coefficient (Wildman–Crippen LogP) is 11.6. The van der Waals surface area contributed by atoms with Crippen LogP contribution < -0.4 is 4.74 Å². The van der Waals surface area contributed by atoms with Crippen molar-refractivity contribution < 1.29 is 4.74 Å². The van der Waals surface area contributed by atoms with Crippen molar-refractivity contribution in [3.05, 3.63) is 91.0 Å². The average molecular weight is 507 g/mol. The number of nitrogens with zero attached hydrogens (tertiary/aromatic N) is 4. The maximum atomic E-state index is 6.21. The van der Waals surface area contributed by atoms with Gasteiger partial charge in [-0.05, 0) is 54.3 Å². The number of fused-ring (bicyclic) bond motifs is 1. The second kappa shape index (κ2) is 15.4. The van der Waals surface area contributed by atoms with Crippen molar-refractivity contribution in [3.8, 4) is 5.75 Å². The van der Waals surface area contributed by atoms with Gasteiger partial charge >= 0.3 is 0 Å². The van der Waals surface area contributed by atoms with Crippen LogP contribution in [0.25, 0.3) is 10.8 Å². The third-order valence-corrected chi connectivity index (χ3v) is 6.52. The molecule has 4 aromatic carbocycles. The van der Waals surface area contributed by atoms with Crippen molar-refractivity contribution in [3.63, 3.8) is 0 Å². The zero-order valence-corrected chi connectivity index (χ0v) is 22.4. The highest BCUT2D eigenvalue weighted by molar-refractivity contribution is 5.95. The van der Waals surface area contributed by atoms with Crippen LogP contribution in [0.1, 0.15) is 64.7 Å². The van der Waals surface area contributed by atoms with Crippen molar-refractivity contribution >= 4 is 33.5 Å². The first-order valence-electron chi connectivity index (χ1n) is 14.0. The molecule has 0 amide bonds. The summed E-state index contributed by atoms with van der Waals surface area (Å²) < 4.78 is 6.21. The predicted molar refractivity (Wildman–Crippen MR) is 158 cm³/mol. The fourth-order valence-corrected chi connectivity index (χ4v) is 4.35. The molecule has 0 heterocycles. The van der Waals surface area contributed by atoms with Gasteiger partial charge in [0, 0.05) is 5.39 Å². The Bertz CT molecular complexity index is 1300. The number of benzene rings is 4. The molecule has 0 spiro atoms. The maximum Gasteiger partial charge on any atom is 0.147 e. The number of ether oxygens (including phenoxy) is 1. The monoisotopic (exact) mass is 506 g/mol. The van der Waals surface area contributed by atoms with Gasteiger partial charge in [0.1, 0.15) is 11.4 Å². The van der Waals surface area contributed by atoms with Crippen LogP contribution in [0.4, 0.5) is 22.7 Å². The van der Waals surface area contributed by atoms with Crippen LogP contribution in [-0.2, 0) is 0 Å². The average Bonchev–Trinajstić information content (AvgIpc) is 2.97. The molecule has 5 heteroatoms. The van der Waals surface area contributed by atoms with E-state index in [2.05, 4.69) is 45.6 Å². The van der Waals surface area contributed by atoms with Crippen LogP contribution in [0, 0.1) is 0 Å². The quantitative estimate of drug-likeness (QED) is 0.117. The summed E-state index contributed by atoms with van der Waals surface area (Å²) in [5.41, 5.74) is 3.11. The standard InChI is InChI=1S/C33H38N4O/c1-2-3-4-5-6-7-8-9-15-26-38-32-25-20-27-16-13-14-19-31(27)33(32)37-36-30-23-21-29(22-24-30)35-34-28-17-11-10-12-18-28/h10-14,16-25H,2-9,15,26H2,1H3. The van der Waals surface area contributed by atoms with Gasteiger partial charge in [-0.1, -0.05) is 107 Å². The molecule has 0 aliphatic heterocycles. The van der Waals surface area contributed by atoms with Gasteiger partial charge in [0.05, 0.1) is 23.7 Å². The van der Waals surface area contributed by atoms with Crippen LogP contribution in [0.5, 0.6) is 5.75 Å². The van der Waals surface area contributed by atoms with Crippen molar-refractivity contribution in [1.29, 1.82) is 0 Å². The summed E-state index contributed by atoms with van der Waals surface area (Å²) in [7, 11) is 0. The van der Waals surface area contributed by atoms with Crippen LogP contribution in [-0.4, -0.2) is 6.61 Å². The molecular weight excluding hydrogens is 468 g/mol. The second-order valence-corrected chi connectivity index (χ2v) is 9.56. The first kappa shape index (κ1) is 27.2. The van der Waals surface area contributed by atoms with Gasteiger partial charge in [-0.2, -0.15) is 15.3 Å². The third kappa shape index (κ3) is 8.62. The Morgan fingerprint density at radius 1 is 0.500 bits per heavy atom. The summed E-state index contributed by atoms with van der Waals surface area (Å²) in [5, 5.41) is 19.9. The molecule has 0 aliphatic carbocycles. The van der Waals surface area contributed by atoms with Gasteiger partial charge < -0.3 is 4.74 Å². The lowest BCUT2D eigenvalue weighted by atomic mass is 10.1. The molecule has 0 saturated heterocycles. The van der Waals surface area contributed by atoms with E-state index in [9.17, 15) is 0 Å². The van der Waals surface area contributed by atoms with Crippen LogP contribution in [0.3, 0.4) is 0 Å². The minimum Gasteiger partial charge on any atom is -0.491 e. The number of hydrogen-bond donors (Lipinski definition) is 0. The molecule has 0 N–H and O–H groups in total. The highest BCUT2D eigenvalue weighted by atomic mass is 16.5. The molecule has 0 bridgehead atoms. The summed E-state index contributed by atoms with van der Waals surface area (Å²) in [5.74, 6) is 0.778. The molecule has 4 rings (SSSR count). The summed E-state index contributed by atoms with van der Waals surface area (Å²) in [6.45, 7) is 2.96. The molecule has 5 nitrogen and oxygen atoms in total. The smallest absolute Gasteiger partial charge is 0.147 e. The maximum absolute atomic E-state index is 6.21. The van der Waals surface area contributed by atoms with Gasteiger partial charge in [0.2, 0.25) is 0 Å². The summed E-state index contributed by atoms with van der Waals surface area (Å²) in [6, 6.07) is 29.6. The summed E-state index contributed by atoms with van der Waals surface area (Å²) >= 11 is 0. The Balaban J connectivity index is 1.36. The Labute approximate surface area is 226 Å². The van der Waals surface area contributed by atoms with Gasteiger partial charge in [-0.25, -0.2) is 0 Å². The normalized spacial score (nSPS) is 11.6. The number of hydrogen-bond acceptors (Lipinski definition) is 5. The Hall–Kier alpha value is -3.86. The van der Waals surface area contributed by atoms with Gasteiger partial charge in [-0.3, -0.25) is 0 Å². The van der Waals surface area contributed by atoms with Gasteiger partial charge in [0.15, 0.2) is 0 Å². The highest BCUT2D eigenvalue weighted by Crippen LogP contribution is 2.37. The van der Waals surface area contributed by atoms with E-state index >= 15 is 0 Å². The van der Waals surface area contributed by atoms with E-state index < -0.39 is 0 Å². The fraction of sp³-hybridized carbons (Fsp3) is 0.333. The number of rotatable bonds is 15. The molecule has 0 aliphatic rings. The number of unbranched alkanes of at least 4 members (excludes halogenated alkanes) is 8. The molecule has 0 fully saturated rings. The molecule has 0 unspecified atom stereocenters. The van der Waals surface area contributed by atoms with Crippen LogP contribution >= 0.6 is 0 Å². The summed E-state index contributed by atoms with van der Waals surface area (Å²) in [4.78, 5) is 0. The van der Waals surface area contributed by atoms with Gasteiger partial charge in [-0.15, -0.1) is 5.11 Å². The molecule has 4 aromatic rings. The van der Waals surface area contributed by atoms with E-state index in [1.165, 1.54) is 51.4 Å². The van der Waals surface area contributed by atoms with Crippen molar-refractivity contribution in [2.24, 2.45) is 20.5 Å². The van der Waals surface area contributed by atoms with E-state index in [1.807, 2.05) is 72.8 Å². The first-order chi connectivity index (χ1) is 18.8. The third-order valence-electron chi connectivity index (χ3n) is 6.52. The Morgan fingerprint density at radius 3 is 1.74 bits per heavy atom. The van der Waals surface area contributed by atoms with Crippen molar-refractivity contribution in [1.82, 2.24) is 0 Å². The van der Waals surface area contributed by atoms with E-state index in [0.29, 0.717) is 6.61 Å². The molecular formula is C33H38N4O. The SMILES string of the molecule is CCCCCCCCCCCOc1ccc2ccccc2c1N=Nc1ccc(N=Nc2ccccc2)cc1. The van der Waals surface area contributed by atoms with Crippen molar-refractivity contribution in [2.45, 2.75) is 64.7 Å². The molecule has 0 atom stereocenters. The van der Waals surface area contributed by atoms with E-state index in [4.69, 9.17) is 4.74 Å².